The van der Waals surface area contributed by atoms with E-state index in [1.807, 2.05) is 67.3 Å². The number of nitrogens with one attached hydrogen (secondary N) is 1. The maximum absolute atomic E-state index is 12.9. The summed E-state index contributed by atoms with van der Waals surface area (Å²) in [6.07, 6.45) is -0.00247. The first-order valence-corrected chi connectivity index (χ1v) is 11.7. The zero-order valence-electron chi connectivity index (χ0n) is 19.3. The highest BCUT2D eigenvalue weighted by Crippen LogP contribution is 2.27. The quantitative estimate of drug-likeness (QED) is 0.301. The fourth-order valence-electron chi connectivity index (χ4n) is 3.79. The lowest BCUT2D eigenvalue weighted by molar-refractivity contribution is 0.0908. The van der Waals surface area contributed by atoms with Crippen LogP contribution in [0.5, 0.6) is 5.75 Å². The van der Waals surface area contributed by atoms with Gasteiger partial charge < -0.3 is 14.8 Å². The SMILES string of the molecule is CC(C)Oc1ccc(C(=O)CN(CCO)Cc2ccc(-c3nc4ccccc4[nH]3)cc2)cc1Cl. The van der Waals surface area contributed by atoms with Gasteiger partial charge in [0.05, 0.1) is 35.3 Å². The molecule has 0 radical (unpaired) electrons. The normalized spacial score (nSPS) is 11.5. The third-order valence-corrected chi connectivity index (χ3v) is 5.72. The first kappa shape index (κ1) is 24.0. The summed E-state index contributed by atoms with van der Waals surface area (Å²) in [5, 5.41) is 9.93. The molecule has 4 rings (SSSR count). The molecule has 7 heteroatoms. The van der Waals surface area contributed by atoms with Crippen molar-refractivity contribution in [3.8, 4) is 17.1 Å². The molecule has 3 aromatic carbocycles. The van der Waals surface area contributed by atoms with Gasteiger partial charge in [-0.05, 0) is 49.7 Å². The van der Waals surface area contributed by atoms with Crippen molar-refractivity contribution in [1.29, 1.82) is 0 Å². The number of aliphatic hydroxyl groups excluding tert-OH is 1. The maximum Gasteiger partial charge on any atom is 0.176 e. The molecule has 0 aliphatic heterocycles. The molecular formula is C27H28ClN3O3. The summed E-state index contributed by atoms with van der Waals surface area (Å²) >= 11 is 6.30. The minimum Gasteiger partial charge on any atom is -0.489 e. The Kier molecular flexibility index (Phi) is 7.63. The summed E-state index contributed by atoms with van der Waals surface area (Å²) in [6.45, 7) is 4.91. The van der Waals surface area contributed by atoms with Gasteiger partial charge in [0.1, 0.15) is 11.6 Å². The van der Waals surface area contributed by atoms with Gasteiger partial charge >= 0.3 is 0 Å². The Hall–Kier alpha value is -3.19. The van der Waals surface area contributed by atoms with Crippen LogP contribution in [0.2, 0.25) is 5.02 Å². The molecule has 0 unspecified atom stereocenters. The van der Waals surface area contributed by atoms with Crippen molar-refractivity contribution in [3.05, 3.63) is 82.9 Å². The average molecular weight is 478 g/mol. The first-order chi connectivity index (χ1) is 16.4. The van der Waals surface area contributed by atoms with Crippen LogP contribution < -0.4 is 4.74 Å². The lowest BCUT2D eigenvalue weighted by Crippen LogP contribution is -2.32. The number of aromatic nitrogens is 2. The number of H-pyrrole nitrogens is 1. The number of carbonyl (C=O) groups excluding carboxylic acids is 1. The largest absolute Gasteiger partial charge is 0.489 e. The van der Waals surface area contributed by atoms with Crippen LogP contribution >= 0.6 is 11.6 Å². The van der Waals surface area contributed by atoms with Crippen LogP contribution in [-0.4, -0.2) is 51.6 Å². The van der Waals surface area contributed by atoms with E-state index in [-0.39, 0.29) is 25.0 Å². The van der Waals surface area contributed by atoms with Gasteiger partial charge in [-0.15, -0.1) is 0 Å². The Bertz CT molecular complexity index is 1230. The number of fused-ring (bicyclic) bond motifs is 1. The van der Waals surface area contributed by atoms with Gasteiger partial charge in [0.15, 0.2) is 5.78 Å². The fraction of sp³-hybridized carbons (Fsp3) is 0.259. The standard InChI is InChI=1S/C27H28ClN3O3/c1-18(2)34-26-12-11-21(15-22(26)28)25(33)17-31(13-14-32)16-19-7-9-20(10-8-19)27-29-23-5-3-4-6-24(23)30-27/h3-12,15,18,32H,13-14,16-17H2,1-2H3,(H,29,30). The number of Topliss-reactive ketones (excluding diaryl/α,β-unsaturated/α-hetero) is 1. The molecule has 0 aliphatic carbocycles. The van der Waals surface area contributed by atoms with E-state index in [4.69, 9.17) is 16.3 Å². The fourth-order valence-corrected chi connectivity index (χ4v) is 4.01. The number of hydrogen-bond acceptors (Lipinski definition) is 5. The number of aliphatic hydroxyl groups is 1. The highest BCUT2D eigenvalue weighted by atomic mass is 35.5. The van der Waals surface area contributed by atoms with Crippen molar-refractivity contribution < 1.29 is 14.6 Å². The number of ketones is 1. The molecule has 34 heavy (non-hydrogen) atoms. The third kappa shape index (κ3) is 5.83. The molecule has 0 bridgehead atoms. The van der Waals surface area contributed by atoms with E-state index in [2.05, 4.69) is 9.97 Å². The van der Waals surface area contributed by atoms with E-state index >= 15 is 0 Å². The smallest absolute Gasteiger partial charge is 0.176 e. The van der Waals surface area contributed by atoms with Crippen molar-refractivity contribution in [1.82, 2.24) is 14.9 Å². The highest BCUT2D eigenvalue weighted by molar-refractivity contribution is 6.32. The molecule has 0 atom stereocenters. The first-order valence-electron chi connectivity index (χ1n) is 11.3. The number of halogens is 1. The molecule has 0 saturated heterocycles. The Labute approximate surface area is 204 Å². The minimum atomic E-state index is -0.0645. The van der Waals surface area contributed by atoms with Gasteiger partial charge in [-0.1, -0.05) is 48.0 Å². The molecule has 6 nitrogen and oxygen atoms in total. The summed E-state index contributed by atoms with van der Waals surface area (Å²) in [7, 11) is 0. The summed E-state index contributed by atoms with van der Waals surface area (Å²) < 4.78 is 5.64. The van der Waals surface area contributed by atoms with Gasteiger partial charge in [0, 0.05) is 24.2 Å². The zero-order chi connectivity index (χ0) is 24.1. The molecule has 0 amide bonds. The molecule has 1 aromatic heterocycles. The topological polar surface area (TPSA) is 78.4 Å². The summed E-state index contributed by atoms with van der Waals surface area (Å²) in [5.41, 5.74) is 4.48. The van der Waals surface area contributed by atoms with Crippen molar-refractivity contribution in [2.24, 2.45) is 0 Å². The van der Waals surface area contributed by atoms with Crippen LogP contribution in [0, 0.1) is 0 Å². The van der Waals surface area contributed by atoms with Crippen LogP contribution in [0.1, 0.15) is 29.8 Å². The number of ether oxygens (including phenoxy) is 1. The van der Waals surface area contributed by atoms with Gasteiger partial charge in [-0.3, -0.25) is 9.69 Å². The van der Waals surface area contributed by atoms with E-state index < -0.39 is 0 Å². The number of imidazole rings is 1. The molecule has 0 aliphatic rings. The van der Waals surface area contributed by atoms with Crippen molar-refractivity contribution >= 4 is 28.4 Å². The second kappa shape index (κ2) is 10.8. The van der Waals surface area contributed by atoms with Crippen LogP contribution in [0.25, 0.3) is 22.4 Å². The predicted molar refractivity (Wildman–Crippen MR) is 135 cm³/mol. The number of nitrogens with zero attached hydrogens (tertiary/aromatic N) is 2. The van der Waals surface area contributed by atoms with Crippen molar-refractivity contribution in [3.63, 3.8) is 0 Å². The van der Waals surface area contributed by atoms with Crippen molar-refractivity contribution in [2.75, 3.05) is 19.7 Å². The van der Waals surface area contributed by atoms with Gasteiger partial charge in [0.25, 0.3) is 0 Å². The van der Waals surface area contributed by atoms with E-state index in [9.17, 15) is 9.90 Å². The van der Waals surface area contributed by atoms with E-state index in [1.54, 1.807) is 18.2 Å². The monoisotopic (exact) mass is 477 g/mol. The van der Waals surface area contributed by atoms with Crippen LogP contribution in [0.3, 0.4) is 0 Å². The van der Waals surface area contributed by atoms with Crippen LogP contribution in [0.4, 0.5) is 0 Å². The molecule has 0 fully saturated rings. The zero-order valence-corrected chi connectivity index (χ0v) is 20.0. The molecule has 0 spiro atoms. The molecule has 2 N–H and O–H groups in total. The Morgan fingerprint density at radius 3 is 2.56 bits per heavy atom. The molecular weight excluding hydrogens is 450 g/mol. The van der Waals surface area contributed by atoms with Gasteiger partial charge in [-0.2, -0.15) is 0 Å². The highest BCUT2D eigenvalue weighted by Gasteiger charge is 2.15. The maximum atomic E-state index is 12.9. The third-order valence-electron chi connectivity index (χ3n) is 5.42. The van der Waals surface area contributed by atoms with Crippen LogP contribution in [-0.2, 0) is 6.54 Å². The van der Waals surface area contributed by atoms with Crippen molar-refractivity contribution in [2.45, 2.75) is 26.5 Å². The summed E-state index contributed by atoms with van der Waals surface area (Å²) in [6, 6.07) is 21.1. The Balaban J connectivity index is 1.43. The number of rotatable bonds is 10. The Morgan fingerprint density at radius 1 is 1.12 bits per heavy atom. The number of hydrogen-bond donors (Lipinski definition) is 2. The number of para-hydroxylation sites is 2. The minimum absolute atomic E-state index is 0.00247. The summed E-state index contributed by atoms with van der Waals surface area (Å²) in [5.74, 6) is 1.31. The lowest BCUT2D eigenvalue weighted by Gasteiger charge is -2.21. The Morgan fingerprint density at radius 2 is 1.88 bits per heavy atom. The lowest BCUT2D eigenvalue weighted by atomic mass is 10.1. The van der Waals surface area contributed by atoms with Gasteiger partial charge in [-0.25, -0.2) is 4.98 Å². The van der Waals surface area contributed by atoms with E-state index in [0.717, 1.165) is 28.0 Å². The molecule has 4 aromatic rings. The van der Waals surface area contributed by atoms with E-state index in [0.29, 0.717) is 29.4 Å². The second-order valence-electron chi connectivity index (χ2n) is 8.47. The second-order valence-corrected chi connectivity index (χ2v) is 8.88. The summed E-state index contributed by atoms with van der Waals surface area (Å²) in [4.78, 5) is 22.8. The molecule has 0 saturated carbocycles. The number of aromatic amines is 1. The van der Waals surface area contributed by atoms with Crippen LogP contribution in [0.15, 0.2) is 66.7 Å². The predicted octanol–water partition coefficient (Wildman–Crippen LogP) is 5.35. The average Bonchev–Trinajstić information content (AvgIpc) is 3.25. The number of carbonyl (C=O) groups is 1. The number of benzene rings is 3. The van der Waals surface area contributed by atoms with Gasteiger partial charge in [0.2, 0.25) is 0 Å². The molecule has 176 valence electrons. The molecule has 1 heterocycles. The van der Waals surface area contributed by atoms with E-state index in [1.165, 1.54) is 0 Å².